The molecule has 0 spiro atoms. The van der Waals surface area contributed by atoms with Crippen LogP contribution in [-0.2, 0) is 17.5 Å². The fraction of sp³-hybridized carbons (Fsp3) is 0.353. The maximum absolute atomic E-state index is 13.0. The number of halogens is 4. The molecule has 0 bridgehead atoms. The van der Waals surface area contributed by atoms with Crippen molar-refractivity contribution in [2.75, 3.05) is 5.32 Å². The van der Waals surface area contributed by atoms with E-state index in [1.807, 2.05) is 6.07 Å². The van der Waals surface area contributed by atoms with Gasteiger partial charge in [0.1, 0.15) is 6.07 Å². The number of carbonyl (C=O) groups is 1. The van der Waals surface area contributed by atoms with Gasteiger partial charge in [-0.15, -0.1) is 0 Å². The van der Waals surface area contributed by atoms with E-state index in [-0.39, 0.29) is 23.9 Å². The van der Waals surface area contributed by atoms with Crippen molar-refractivity contribution in [3.05, 3.63) is 46.2 Å². The van der Waals surface area contributed by atoms with Crippen LogP contribution in [-0.4, -0.2) is 15.7 Å². The quantitative estimate of drug-likeness (QED) is 0.836. The lowest BCUT2D eigenvalue weighted by Gasteiger charge is -2.09. The van der Waals surface area contributed by atoms with E-state index in [0.29, 0.717) is 16.9 Å². The lowest BCUT2D eigenvalue weighted by molar-refractivity contribution is -0.141. The Kier molecular flexibility index (Phi) is 4.92. The van der Waals surface area contributed by atoms with Crippen LogP contribution >= 0.6 is 11.6 Å². The first-order valence-electron chi connectivity index (χ1n) is 7.93. The van der Waals surface area contributed by atoms with Crippen LogP contribution in [0.5, 0.6) is 0 Å². The Morgan fingerprint density at radius 1 is 1.38 bits per heavy atom. The highest BCUT2D eigenvalue weighted by Gasteiger charge is 2.42. The number of nitrogens with one attached hydrogen (secondary N) is 1. The Bertz CT molecular complexity index is 881. The molecule has 26 heavy (non-hydrogen) atoms. The first-order chi connectivity index (χ1) is 12.3. The molecule has 0 unspecified atom stereocenters. The van der Waals surface area contributed by atoms with E-state index >= 15 is 0 Å². The van der Waals surface area contributed by atoms with Crippen LogP contribution in [0.15, 0.2) is 24.3 Å². The number of nitriles is 1. The molecule has 0 atom stereocenters. The summed E-state index contributed by atoms with van der Waals surface area (Å²) in [6.07, 6.45) is -3.22. The molecule has 1 aromatic carbocycles. The minimum Gasteiger partial charge on any atom is -0.325 e. The van der Waals surface area contributed by atoms with Gasteiger partial charge in [-0.2, -0.15) is 23.5 Å². The molecule has 1 saturated carbocycles. The minimum absolute atomic E-state index is 0.0256. The highest BCUT2D eigenvalue weighted by atomic mass is 35.5. The highest BCUT2D eigenvalue weighted by Crippen LogP contribution is 2.46. The standard InChI is InChI=1S/C17H14ClF3N4O/c18-14-15(10-5-6-10)25(24-16(14)17(19,20)21)8-7-13(26)23-12-4-2-1-3-11(12)9-22/h1-4,10H,5-8H2,(H,23,26). The van der Waals surface area contributed by atoms with Crippen molar-refractivity contribution in [3.63, 3.8) is 0 Å². The molecule has 2 aromatic rings. The van der Waals surface area contributed by atoms with Crippen molar-refractivity contribution < 1.29 is 18.0 Å². The van der Waals surface area contributed by atoms with Crippen LogP contribution < -0.4 is 5.32 Å². The monoisotopic (exact) mass is 382 g/mol. The number of alkyl halides is 3. The zero-order valence-electron chi connectivity index (χ0n) is 13.5. The fourth-order valence-corrected chi connectivity index (χ4v) is 3.06. The van der Waals surface area contributed by atoms with Crippen LogP contribution in [0, 0.1) is 11.3 Å². The molecule has 136 valence electrons. The average molecular weight is 383 g/mol. The first-order valence-corrected chi connectivity index (χ1v) is 8.31. The normalized spacial score (nSPS) is 14.1. The molecule has 1 aliphatic rings. The Morgan fingerprint density at radius 3 is 2.69 bits per heavy atom. The molecular weight excluding hydrogens is 369 g/mol. The summed E-state index contributed by atoms with van der Waals surface area (Å²) in [6.45, 7) is -0.0256. The molecule has 0 aliphatic heterocycles. The largest absolute Gasteiger partial charge is 0.436 e. The Labute approximate surface area is 152 Å². The topological polar surface area (TPSA) is 70.7 Å². The third kappa shape index (κ3) is 3.83. The number of nitrogens with zero attached hydrogens (tertiary/aromatic N) is 3. The summed E-state index contributed by atoms with van der Waals surface area (Å²) in [7, 11) is 0. The molecule has 0 saturated heterocycles. The van der Waals surface area contributed by atoms with E-state index in [1.165, 1.54) is 4.68 Å². The molecule has 1 amide bonds. The molecule has 1 aliphatic carbocycles. The maximum atomic E-state index is 13.0. The van der Waals surface area contributed by atoms with E-state index in [4.69, 9.17) is 16.9 Å². The van der Waals surface area contributed by atoms with Crippen molar-refractivity contribution in [1.29, 1.82) is 5.26 Å². The third-order valence-corrected chi connectivity index (χ3v) is 4.41. The lowest BCUT2D eigenvalue weighted by Crippen LogP contribution is -2.17. The van der Waals surface area contributed by atoms with Crippen molar-refractivity contribution in [2.45, 2.75) is 37.9 Å². The highest BCUT2D eigenvalue weighted by molar-refractivity contribution is 6.32. The van der Waals surface area contributed by atoms with Gasteiger partial charge in [-0.25, -0.2) is 0 Å². The zero-order valence-corrected chi connectivity index (χ0v) is 14.2. The molecule has 1 aromatic heterocycles. The van der Waals surface area contributed by atoms with E-state index in [1.54, 1.807) is 24.3 Å². The SMILES string of the molecule is N#Cc1ccccc1NC(=O)CCn1nc(C(F)(F)F)c(Cl)c1C1CC1. The molecule has 3 rings (SSSR count). The van der Waals surface area contributed by atoms with Crippen molar-refractivity contribution in [2.24, 2.45) is 0 Å². The fourth-order valence-electron chi connectivity index (χ4n) is 2.66. The number of para-hydroxylation sites is 1. The van der Waals surface area contributed by atoms with Crippen LogP contribution in [0.1, 0.15) is 42.1 Å². The second-order valence-electron chi connectivity index (χ2n) is 6.00. The Hall–Kier alpha value is -2.53. The summed E-state index contributed by atoms with van der Waals surface area (Å²) in [6, 6.07) is 8.44. The number of aromatic nitrogens is 2. The number of amides is 1. The summed E-state index contributed by atoms with van der Waals surface area (Å²) in [5, 5.41) is 14.8. The number of hydrogen-bond acceptors (Lipinski definition) is 3. The summed E-state index contributed by atoms with van der Waals surface area (Å²) in [4.78, 5) is 12.1. The van der Waals surface area contributed by atoms with Gasteiger partial charge in [-0.05, 0) is 25.0 Å². The zero-order chi connectivity index (χ0) is 18.9. The van der Waals surface area contributed by atoms with Crippen molar-refractivity contribution in [1.82, 2.24) is 9.78 Å². The molecular formula is C17H14ClF3N4O. The average Bonchev–Trinajstić information content (AvgIpc) is 3.35. The van der Waals surface area contributed by atoms with Gasteiger partial charge in [0.05, 0.1) is 28.5 Å². The molecule has 1 heterocycles. The van der Waals surface area contributed by atoms with E-state index < -0.39 is 17.8 Å². The predicted molar refractivity (Wildman–Crippen MR) is 88.6 cm³/mol. The van der Waals surface area contributed by atoms with E-state index in [0.717, 1.165) is 12.8 Å². The summed E-state index contributed by atoms with van der Waals surface area (Å²) < 4.78 is 40.3. The van der Waals surface area contributed by atoms with Gasteiger partial charge in [0.25, 0.3) is 0 Å². The van der Waals surface area contributed by atoms with Crippen LogP contribution in [0.25, 0.3) is 0 Å². The van der Waals surface area contributed by atoms with Gasteiger partial charge in [-0.3, -0.25) is 9.48 Å². The van der Waals surface area contributed by atoms with E-state index in [2.05, 4.69) is 10.4 Å². The molecule has 1 N–H and O–H groups in total. The summed E-state index contributed by atoms with van der Waals surface area (Å²) in [5.41, 5.74) is -0.113. The lowest BCUT2D eigenvalue weighted by atomic mass is 10.2. The summed E-state index contributed by atoms with van der Waals surface area (Å²) in [5.74, 6) is -0.469. The van der Waals surface area contributed by atoms with Gasteiger partial charge >= 0.3 is 6.18 Å². The first kappa shape index (κ1) is 18.3. The van der Waals surface area contributed by atoms with Crippen molar-refractivity contribution in [3.8, 4) is 6.07 Å². The van der Waals surface area contributed by atoms with Gasteiger partial charge < -0.3 is 5.32 Å². The Morgan fingerprint density at radius 2 is 2.08 bits per heavy atom. The number of benzene rings is 1. The maximum Gasteiger partial charge on any atom is 0.436 e. The number of rotatable bonds is 5. The van der Waals surface area contributed by atoms with Crippen LogP contribution in [0.3, 0.4) is 0 Å². The minimum atomic E-state index is -4.64. The number of hydrogen-bond donors (Lipinski definition) is 1. The molecule has 9 heteroatoms. The number of aryl methyl sites for hydroxylation is 1. The van der Waals surface area contributed by atoms with E-state index in [9.17, 15) is 18.0 Å². The second-order valence-corrected chi connectivity index (χ2v) is 6.38. The van der Waals surface area contributed by atoms with Gasteiger partial charge in [-0.1, -0.05) is 23.7 Å². The van der Waals surface area contributed by atoms with Gasteiger partial charge in [0, 0.05) is 12.3 Å². The molecule has 5 nitrogen and oxygen atoms in total. The Balaban J connectivity index is 1.73. The summed E-state index contributed by atoms with van der Waals surface area (Å²) >= 11 is 5.89. The third-order valence-electron chi connectivity index (χ3n) is 4.04. The molecule has 1 fully saturated rings. The number of carbonyl (C=O) groups excluding carboxylic acids is 1. The second kappa shape index (κ2) is 7.00. The van der Waals surface area contributed by atoms with Gasteiger partial charge in [0.15, 0.2) is 5.69 Å². The molecule has 0 radical (unpaired) electrons. The van der Waals surface area contributed by atoms with Crippen molar-refractivity contribution >= 4 is 23.2 Å². The van der Waals surface area contributed by atoms with Gasteiger partial charge in [0.2, 0.25) is 5.91 Å². The number of anilines is 1. The van der Waals surface area contributed by atoms with Crippen LogP contribution in [0.4, 0.5) is 18.9 Å². The van der Waals surface area contributed by atoms with Crippen LogP contribution in [0.2, 0.25) is 5.02 Å². The predicted octanol–water partition coefficient (Wildman–Crippen LogP) is 4.33. The smallest absolute Gasteiger partial charge is 0.325 e.